The number of aromatic amines is 1. The van der Waals surface area contributed by atoms with Crippen molar-refractivity contribution in [2.24, 2.45) is 0 Å². The Bertz CT molecular complexity index is 566. The highest BCUT2D eigenvalue weighted by atomic mass is 15.1. The summed E-state index contributed by atoms with van der Waals surface area (Å²) in [6.07, 6.45) is 3.98. The molecule has 1 heterocycles. The molecule has 1 aromatic heterocycles. The van der Waals surface area contributed by atoms with E-state index >= 15 is 0 Å². The fourth-order valence-corrected chi connectivity index (χ4v) is 2.04. The first-order chi connectivity index (χ1) is 9.31. The lowest BCUT2D eigenvalue weighted by atomic mass is 10.1. The van der Waals surface area contributed by atoms with Gasteiger partial charge in [0, 0.05) is 12.2 Å². The number of aryl methyl sites for hydroxylation is 2. The van der Waals surface area contributed by atoms with Crippen molar-refractivity contribution in [3.63, 3.8) is 0 Å². The van der Waals surface area contributed by atoms with Crippen LogP contribution in [0.15, 0.2) is 30.5 Å². The Kier molecular flexibility index (Phi) is 4.71. The molecular formula is C15H18N4. The zero-order valence-electron chi connectivity index (χ0n) is 11.1. The number of hydrogen-bond acceptors (Lipinski definition) is 3. The Morgan fingerprint density at radius 2 is 2.16 bits per heavy atom. The molecule has 0 amide bonds. The molecule has 0 aliphatic carbocycles. The van der Waals surface area contributed by atoms with Crippen molar-refractivity contribution >= 4 is 0 Å². The van der Waals surface area contributed by atoms with E-state index in [9.17, 15) is 0 Å². The third kappa shape index (κ3) is 3.67. The predicted molar refractivity (Wildman–Crippen MR) is 74.5 cm³/mol. The van der Waals surface area contributed by atoms with E-state index in [4.69, 9.17) is 5.26 Å². The fraction of sp³-hybridized carbons (Fsp3) is 0.333. The molecular weight excluding hydrogens is 236 g/mol. The van der Waals surface area contributed by atoms with Crippen LogP contribution in [0.5, 0.6) is 0 Å². The van der Waals surface area contributed by atoms with E-state index in [1.165, 1.54) is 5.56 Å². The summed E-state index contributed by atoms with van der Waals surface area (Å²) in [5, 5.41) is 19.3. The minimum absolute atomic E-state index is 0.744. The molecule has 0 atom stereocenters. The van der Waals surface area contributed by atoms with Gasteiger partial charge in [-0.1, -0.05) is 18.2 Å². The van der Waals surface area contributed by atoms with Crippen LogP contribution in [-0.2, 0) is 13.0 Å². The SMILES string of the molecule is Cc1[nH]ncc1CCCNCc1ccccc1C#N. The van der Waals surface area contributed by atoms with Crippen molar-refractivity contribution in [3.05, 3.63) is 52.8 Å². The summed E-state index contributed by atoms with van der Waals surface area (Å²) in [6.45, 7) is 3.72. The van der Waals surface area contributed by atoms with E-state index in [1.807, 2.05) is 37.4 Å². The lowest BCUT2D eigenvalue weighted by Crippen LogP contribution is -2.16. The van der Waals surface area contributed by atoms with Gasteiger partial charge in [-0.2, -0.15) is 10.4 Å². The number of nitrogens with zero attached hydrogens (tertiary/aromatic N) is 2. The number of benzene rings is 1. The molecule has 2 rings (SSSR count). The van der Waals surface area contributed by atoms with Crippen LogP contribution in [0, 0.1) is 18.3 Å². The Labute approximate surface area is 113 Å². The van der Waals surface area contributed by atoms with Gasteiger partial charge in [-0.3, -0.25) is 5.10 Å². The number of rotatable bonds is 6. The number of nitriles is 1. The van der Waals surface area contributed by atoms with Gasteiger partial charge >= 0.3 is 0 Å². The Morgan fingerprint density at radius 3 is 2.89 bits per heavy atom. The smallest absolute Gasteiger partial charge is 0.0995 e. The summed E-state index contributed by atoms with van der Waals surface area (Å²) in [4.78, 5) is 0. The maximum Gasteiger partial charge on any atom is 0.0995 e. The minimum atomic E-state index is 0.744. The van der Waals surface area contributed by atoms with Gasteiger partial charge in [0.25, 0.3) is 0 Å². The van der Waals surface area contributed by atoms with Crippen LogP contribution in [0.2, 0.25) is 0 Å². The first kappa shape index (κ1) is 13.3. The molecule has 0 spiro atoms. The van der Waals surface area contributed by atoms with E-state index < -0.39 is 0 Å². The zero-order valence-corrected chi connectivity index (χ0v) is 11.1. The molecule has 0 bridgehead atoms. The monoisotopic (exact) mass is 254 g/mol. The summed E-state index contributed by atoms with van der Waals surface area (Å²) in [6, 6.07) is 9.92. The average Bonchev–Trinajstić information content (AvgIpc) is 2.84. The maximum atomic E-state index is 8.99. The van der Waals surface area contributed by atoms with Crippen LogP contribution >= 0.6 is 0 Å². The molecule has 0 saturated heterocycles. The van der Waals surface area contributed by atoms with E-state index in [1.54, 1.807) is 0 Å². The van der Waals surface area contributed by atoms with Crippen molar-refractivity contribution in [2.45, 2.75) is 26.3 Å². The topological polar surface area (TPSA) is 64.5 Å². The number of H-pyrrole nitrogens is 1. The van der Waals surface area contributed by atoms with Crippen LogP contribution < -0.4 is 5.32 Å². The van der Waals surface area contributed by atoms with Gasteiger partial charge in [0.05, 0.1) is 17.8 Å². The third-order valence-corrected chi connectivity index (χ3v) is 3.19. The van der Waals surface area contributed by atoms with Crippen LogP contribution in [-0.4, -0.2) is 16.7 Å². The van der Waals surface area contributed by atoms with Crippen molar-refractivity contribution in [2.75, 3.05) is 6.54 Å². The van der Waals surface area contributed by atoms with Crippen LogP contribution in [0.3, 0.4) is 0 Å². The molecule has 4 heteroatoms. The number of nitrogens with one attached hydrogen (secondary N) is 2. The van der Waals surface area contributed by atoms with Crippen molar-refractivity contribution in [1.82, 2.24) is 15.5 Å². The van der Waals surface area contributed by atoms with E-state index in [0.29, 0.717) is 0 Å². The Morgan fingerprint density at radius 1 is 1.32 bits per heavy atom. The number of aromatic nitrogens is 2. The molecule has 19 heavy (non-hydrogen) atoms. The third-order valence-electron chi connectivity index (χ3n) is 3.19. The molecule has 0 fully saturated rings. The highest BCUT2D eigenvalue weighted by Crippen LogP contribution is 2.07. The van der Waals surface area contributed by atoms with Gasteiger partial charge in [0.1, 0.15) is 0 Å². The van der Waals surface area contributed by atoms with Gasteiger partial charge in [0.15, 0.2) is 0 Å². The van der Waals surface area contributed by atoms with Gasteiger partial charge in [-0.05, 0) is 43.5 Å². The summed E-state index contributed by atoms with van der Waals surface area (Å²) in [5.41, 5.74) is 4.24. The molecule has 1 aromatic carbocycles. The molecule has 0 saturated carbocycles. The molecule has 98 valence electrons. The zero-order chi connectivity index (χ0) is 13.5. The van der Waals surface area contributed by atoms with Crippen molar-refractivity contribution in [1.29, 1.82) is 5.26 Å². The van der Waals surface area contributed by atoms with Gasteiger partial charge in [-0.15, -0.1) is 0 Å². The van der Waals surface area contributed by atoms with Crippen molar-refractivity contribution < 1.29 is 0 Å². The second kappa shape index (κ2) is 6.72. The van der Waals surface area contributed by atoms with Crippen LogP contribution in [0.25, 0.3) is 0 Å². The van der Waals surface area contributed by atoms with Crippen LogP contribution in [0.4, 0.5) is 0 Å². The van der Waals surface area contributed by atoms with Crippen molar-refractivity contribution in [3.8, 4) is 6.07 Å². The van der Waals surface area contributed by atoms with E-state index in [0.717, 1.165) is 42.8 Å². The molecule has 0 unspecified atom stereocenters. The quantitative estimate of drug-likeness (QED) is 0.777. The molecule has 2 aromatic rings. The number of hydrogen-bond donors (Lipinski definition) is 2. The Hall–Kier alpha value is -2.12. The molecule has 0 aliphatic rings. The second-order valence-electron chi connectivity index (χ2n) is 4.57. The normalized spacial score (nSPS) is 10.3. The summed E-state index contributed by atoms with van der Waals surface area (Å²) in [5.74, 6) is 0. The molecule has 2 N–H and O–H groups in total. The van der Waals surface area contributed by atoms with Gasteiger partial charge < -0.3 is 5.32 Å². The standard InChI is InChI=1S/C15H18N4/c1-12-14(11-18-19-12)7-4-8-17-10-15-6-3-2-5-13(15)9-16/h2-3,5-6,11,17H,4,7-8,10H2,1H3,(H,18,19). The van der Waals surface area contributed by atoms with E-state index in [-0.39, 0.29) is 0 Å². The second-order valence-corrected chi connectivity index (χ2v) is 4.57. The predicted octanol–water partition coefficient (Wildman–Crippen LogP) is 2.31. The average molecular weight is 254 g/mol. The highest BCUT2D eigenvalue weighted by molar-refractivity contribution is 5.37. The lowest BCUT2D eigenvalue weighted by Gasteiger charge is -2.06. The minimum Gasteiger partial charge on any atom is -0.313 e. The first-order valence-electron chi connectivity index (χ1n) is 6.49. The lowest BCUT2D eigenvalue weighted by molar-refractivity contribution is 0.648. The van der Waals surface area contributed by atoms with Gasteiger partial charge in [0.2, 0.25) is 0 Å². The largest absolute Gasteiger partial charge is 0.313 e. The maximum absolute atomic E-state index is 8.99. The first-order valence-corrected chi connectivity index (χ1v) is 6.49. The summed E-state index contributed by atoms with van der Waals surface area (Å²) < 4.78 is 0. The summed E-state index contributed by atoms with van der Waals surface area (Å²) in [7, 11) is 0. The van der Waals surface area contributed by atoms with Gasteiger partial charge in [-0.25, -0.2) is 0 Å². The fourth-order valence-electron chi connectivity index (χ4n) is 2.04. The molecule has 0 aliphatic heterocycles. The molecule has 0 radical (unpaired) electrons. The highest BCUT2D eigenvalue weighted by Gasteiger charge is 2.01. The summed E-state index contributed by atoms with van der Waals surface area (Å²) >= 11 is 0. The molecule has 4 nitrogen and oxygen atoms in total. The van der Waals surface area contributed by atoms with Crippen LogP contribution in [0.1, 0.15) is 28.8 Å². The Balaban J connectivity index is 1.73. The van der Waals surface area contributed by atoms with E-state index in [2.05, 4.69) is 21.6 Å².